The maximum Gasteiger partial charge on any atom is 0.0216 e. The van der Waals surface area contributed by atoms with E-state index >= 15 is 0 Å². The van der Waals surface area contributed by atoms with E-state index in [1.807, 2.05) is 11.3 Å². The summed E-state index contributed by atoms with van der Waals surface area (Å²) >= 11 is 1.91. The molecule has 1 aromatic heterocycles. The molecule has 14 heavy (non-hydrogen) atoms. The zero-order valence-electron chi connectivity index (χ0n) is 9.10. The van der Waals surface area contributed by atoms with Crippen molar-refractivity contribution in [2.45, 2.75) is 39.7 Å². The highest BCUT2D eigenvalue weighted by Crippen LogP contribution is 2.25. The predicted octanol–water partition coefficient (Wildman–Crippen LogP) is 3.25. The Balaban J connectivity index is 1.76. The van der Waals surface area contributed by atoms with Crippen molar-refractivity contribution in [3.63, 3.8) is 0 Å². The first-order valence-electron chi connectivity index (χ1n) is 5.52. The van der Waals surface area contributed by atoms with Crippen LogP contribution in [-0.4, -0.2) is 6.54 Å². The molecule has 0 spiro atoms. The van der Waals surface area contributed by atoms with Gasteiger partial charge in [-0.25, -0.2) is 0 Å². The molecular weight excluding hydrogens is 190 g/mol. The second-order valence-electron chi connectivity index (χ2n) is 4.37. The molecule has 0 bridgehead atoms. The summed E-state index contributed by atoms with van der Waals surface area (Å²) in [6.45, 7) is 6.69. The minimum atomic E-state index is 0.968. The van der Waals surface area contributed by atoms with Crippen molar-refractivity contribution in [1.29, 1.82) is 0 Å². The normalized spacial score (nSPS) is 17.0. The molecule has 2 heteroatoms. The Morgan fingerprint density at radius 2 is 2.21 bits per heavy atom. The first-order chi connectivity index (χ1) is 6.75. The highest BCUT2D eigenvalue weighted by Gasteiger charge is 2.16. The number of aryl methyl sites for hydroxylation is 2. The van der Waals surface area contributed by atoms with Gasteiger partial charge in [0.1, 0.15) is 0 Å². The Bertz CT molecular complexity index is 299. The van der Waals surface area contributed by atoms with Crippen LogP contribution < -0.4 is 5.32 Å². The second kappa shape index (κ2) is 4.45. The second-order valence-corrected chi connectivity index (χ2v) is 5.83. The van der Waals surface area contributed by atoms with Gasteiger partial charge in [-0.3, -0.25) is 0 Å². The molecule has 0 saturated heterocycles. The van der Waals surface area contributed by atoms with Crippen LogP contribution in [-0.2, 0) is 6.54 Å². The smallest absolute Gasteiger partial charge is 0.0216 e. The summed E-state index contributed by atoms with van der Waals surface area (Å²) in [6, 6.07) is 2.31. The highest BCUT2D eigenvalue weighted by molar-refractivity contribution is 7.12. The van der Waals surface area contributed by atoms with Crippen LogP contribution >= 0.6 is 11.3 Å². The zero-order chi connectivity index (χ0) is 9.97. The Labute approximate surface area is 90.5 Å². The third-order valence-corrected chi connectivity index (χ3v) is 4.13. The third kappa shape index (κ3) is 2.37. The average molecular weight is 209 g/mol. The molecule has 0 amide bonds. The molecular formula is C12H19NS. The summed E-state index contributed by atoms with van der Waals surface area (Å²) in [5, 5.41) is 3.56. The zero-order valence-corrected chi connectivity index (χ0v) is 9.91. The van der Waals surface area contributed by atoms with Gasteiger partial charge < -0.3 is 5.32 Å². The molecule has 1 fully saturated rings. The molecule has 1 aliphatic carbocycles. The SMILES string of the molecule is Cc1cc(CNCC2CCC2)c(C)s1. The van der Waals surface area contributed by atoms with Gasteiger partial charge in [-0.15, -0.1) is 11.3 Å². The quantitative estimate of drug-likeness (QED) is 0.802. The van der Waals surface area contributed by atoms with Crippen molar-refractivity contribution in [1.82, 2.24) is 5.32 Å². The molecule has 2 rings (SSSR count). The summed E-state index contributed by atoms with van der Waals surface area (Å²) < 4.78 is 0. The number of rotatable bonds is 4. The molecule has 78 valence electrons. The molecule has 0 radical (unpaired) electrons. The summed E-state index contributed by atoms with van der Waals surface area (Å²) in [5.41, 5.74) is 1.49. The van der Waals surface area contributed by atoms with Crippen LogP contribution in [0.5, 0.6) is 0 Å². The Morgan fingerprint density at radius 3 is 2.71 bits per heavy atom. The molecule has 1 aromatic rings. The molecule has 1 aliphatic rings. The standard InChI is InChI=1S/C12H19NS/c1-9-6-12(10(2)14-9)8-13-7-11-4-3-5-11/h6,11,13H,3-5,7-8H2,1-2H3. The van der Waals surface area contributed by atoms with E-state index in [2.05, 4.69) is 25.2 Å². The molecule has 1 nitrogen and oxygen atoms in total. The van der Waals surface area contributed by atoms with E-state index in [1.165, 1.54) is 41.1 Å². The van der Waals surface area contributed by atoms with Crippen molar-refractivity contribution < 1.29 is 0 Å². The van der Waals surface area contributed by atoms with Crippen molar-refractivity contribution in [2.24, 2.45) is 5.92 Å². The summed E-state index contributed by atoms with van der Waals surface area (Å²) in [6.07, 6.45) is 4.33. The van der Waals surface area contributed by atoms with E-state index in [-0.39, 0.29) is 0 Å². The number of nitrogens with one attached hydrogen (secondary N) is 1. The van der Waals surface area contributed by atoms with E-state index in [9.17, 15) is 0 Å². The monoisotopic (exact) mass is 209 g/mol. The van der Waals surface area contributed by atoms with Crippen LogP contribution in [0, 0.1) is 19.8 Å². The van der Waals surface area contributed by atoms with Gasteiger partial charge in [0.25, 0.3) is 0 Å². The van der Waals surface area contributed by atoms with Gasteiger partial charge in [-0.1, -0.05) is 6.42 Å². The summed E-state index contributed by atoms with van der Waals surface area (Å²) in [4.78, 5) is 2.91. The lowest BCUT2D eigenvalue weighted by molar-refractivity contribution is 0.301. The lowest BCUT2D eigenvalue weighted by atomic mass is 9.85. The molecule has 0 unspecified atom stereocenters. The van der Waals surface area contributed by atoms with Gasteiger partial charge >= 0.3 is 0 Å². The van der Waals surface area contributed by atoms with Crippen LogP contribution in [0.1, 0.15) is 34.6 Å². The van der Waals surface area contributed by atoms with E-state index in [4.69, 9.17) is 0 Å². The van der Waals surface area contributed by atoms with Gasteiger partial charge in [0, 0.05) is 16.3 Å². The number of hydrogen-bond donors (Lipinski definition) is 1. The fourth-order valence-corrected chi connectivity index (χ4v) is 2.91. The lowest BCUT2D eigenvalue weighted by Crippen LogP contribution is -2.26. The molecule has 1 heterocycles. The topological polar surface area (TPSA) is 12.0 Å². The van der Waals surface area contributed by atoms with Gasteiger partial charge in [0.05, 0.1) is 0 Å². The average Bonchev–Trinajstić information content (AvgIpc) is 2.36. The Kier molecular flexibility index (Phi) is 3.24. The van der Waals surface area contributed by atoms with Crippen LogP contribution in [0.2, 0.25) is 0 Å². The first-order valence-corrected chi connectivity index (χ1v) is 6.34. The third-order valence-electron chi connectivity index (χ3n) is 3.12. The fourth-order valence-electron chi connectivity index (χ4n) is 1.97. The highest BCUT2D eigenvalue weighted by atomic mass is 32.1. The Hall–Kier alpha value is -0.340. The maximum atomic E-state index is 3.56. The van der Waals surface area contributed by atoms with Crippen LogP contribution in [0.15, 0.2) is 6.07 Å². The molecule has 1 N–H and O–H groups in total. The van der Waals surface area contributed by atoms with Gasteiger partial charge in [0.2, 0.25) is 0 Å². The molecule has 1 saturated carbocycles. The first kappa shape index (κ1) is 10.2. The summed E-state index contributed by atoms with van der Waals surface area (Å²) in [7, 11) is 0. The van der Waals surface area contributed by atoms with Crippen LogP contribution in [0.3, 0.4) is 0 Å². The lowest BCUT2D eigenvalue weighted by Gasteiger charge is -2.25. The summed E-state index contributed by atoms with van der Waals surface area (Å²) in [5.74, 6) is 0.968. The predicted molar refractivity (Wildman–Crippen MR) is 62.8 cm³/mol. The van der Waals surface area contributed by atoms with Gasteiger partial charge in [-0.2, -0.15) is 0 Å². The minimum Gasteiger partial charge on any atom is -0.312 e. The number of hydrogen-bond acceptors (Lipinski definition) is 2. The van der Waals surface area contributed by atoms with Crippen molar-refractivity contribution >= 4 is 11.3 Å². The van der Waals surface area contributed by atoms with Gasteiger partial charge in [-0.05, 0) is 50.8 Å². The van der Waals surface area contributed by atoms with Crippen molar-refractivity contribution in [2.75, 3.05) is 6.54 Å². The minimum absolute atomic E-state index is 0.968. The van der Waals surface area contributed by atoms with E-state index in [1.54, 1.807) is 0 Å². The van der Waals surface area contributed by atoms with E-state index in [0.717, 1.165) is 12.5 Å². The van der Waals surface area contributed by atoms with E-state index in [0.29, 0.717) is 0 Å². The van der Waals surface area contributed by atoms with Crippen molar-refractivity contribution in [3.05, 3.63) is 21.4 Å². The fraction of sp³-hybridized carbons (Fsp3) is 0.667. The molecule has 0 atom stereocenters. The van der Waals surface area contributed by atoms with E-state index < -0.39 is 0 Å². The number of thiophene rings is 1. The molecule has 0 aromatic carbocycles. The Morgan fingerprint density at radius 1 is 1.43 bits per heavy atom. The molecule has 0 aliphatic heterocycles. The van der Waals surface area contributed by atoms with Crippen LogP contribution in [0.4, 0.5) is 0 Å². The van der Waals surface area contributed by atoms with Gasteiger partial charge in [0.15, 0.2) is 0 Å². The largest absolute Gasteiger partial charge is 0.312 e. The van der Waals surface area contributed by atoms with Crippen LogP contribution in [0.25, 0.3) is 0 Å². The maximum absolute atomic E-state index is 3.56. The van der Waals surface area contributed by atoms with Crippen molar-refractivity contribution in [3.8, 4) is 0 Å².